The Balaban J connectivity index is 1.51. The number of nitrogens with one attached hydrogen (secondary N) is 2. The van der Waals surface area contributed by atoms with Crippen molar-refractivity contribution in [3.63, 3.8) is 0 Å². The van der Waals surface area contributed by atoms with E-state index in [9.17, 15) is 4.79 Å². The number of pyridine rings is 1. The second-order valence-corrected chi connectivity index (χ2v) is 8.37. The maximum atomic E-state index is 12.3. The van der Waals surface area contributed by atoms with Crippen LogP contribution >= 0.6 is 0 Å². The van der Waals surface area contributed by atoms with Crippen LogP contribution in [0.1, 0.15) is 6.42 Å². The van der Waals surface area contributed by atoms with E-state index in [4.69, 9.17) is 14.5 Å². The van der Waals surface area contributed by atoms with Gasteiger partial charge in [0.1, 0.15) is 12.4 Å². The van der Waals surface area contributed by atoms with Crippen molar-refractivity contribution in [2.45, 2.75) is 6.42 Å². The maximum Gasteiger partial charge on any atom is 0.229 e. The first-order valence-electron chi connectivity index (χ1n) is 10.9. The number of rotatable bonds is 7. The minimum atomic E-state index is -0.266. The van der Waals surface area contributed by atoms with Crippen molar-refractivity contribution < 1.29 is 14.3 Å². The van der Waals surface area contributed by atoms with Crippen LogP contribution in [0.15, 0.2) is 41.8 Å². The third-order valence-corrected chi connectivity index (χ3v) is 6.29. The summed E-state index contributed by atoms with van der Waals surface area (Å²) < 4.78 is 11.1. The number of nitrogens with zero attached hydrogens (tertiary/aromatic N) is 2. The molecule has 1 amide bonds. The van der Waals surface area contributed by atoms with Gasteiger partial charge >= 0.3 is 0 Å². The van der Waals surface area contributed by atoms with Gasteiger partial charge in [-0.05, 0) is 49.5 Å². The molecule has 1 aliphatic carbocycles. The first-order valence-corrected chi connectivity index (χ1v) is 10.9. The highest BCUT2D eigenvalue weighted by Crippen LogP contribution is 2.39. The smallest absolute Gasteiger partial charge is 0.229 e. The minimum absolute atomic E-state index is 0.165. The Hall–Kier alpha value is -3.50. The molecule has 7 nitrogen and oxygen atoms in total. The van der Waals surface area contributed by atoms with Crippen LogP contribution in [0.2, 0.25) is 0 Å². The molecule has 7 heteroatoms. The molecule has 164 valence electrons. The van der Waals surface area contributed by atoms with Crippen LogP contribution in [0.4, 0.5) is 5.69 Å². The molecule has 1 aromatic carbocycles. The molecular weight excluding hydrogens is 404 g/mol. The molecule has 0 bridgehead atoms. The van der Waals surface area contributed by atoms with Crippen molar-refractivity contribution in [1.29, 1.82) is 0 Å². The Bertz CT molecular complexity index is 1250. The van der Waals surface area contributed by atoms with Gasteiger partial charge in [-0.1, -0.05) is 5.73 Å². The van der Waals surface area contributed by atoms with Gasteiger partial charge in [0, 0.05) is 37.8 Å². The monoisotopic (exact) mass is 430 g/mol. The SMILES string of the molecule is CNCCOc1ccc(-c2cc(N3CC4(CCNC4=O)C3)c3c(n2)=CC(OC)=C=C=3)cc1. The highest BCUT2D eigenvalue weighted by Gasteiger charge is 2.52. The molecule has 0 saturated carbocycles. The number of carbonyl (C=O) groups excluding carboxylic acids is 1. The van der Waals surface area contributed by atoms with Gasteiger partial charge in [-0.25, -0.2) is 4.98 Å². The number of amides is 1. The summed E-state index contributed by atoms with van der Waals surface area (Å²) in [5.41, 5.74) is 8.87. The van der Waals surface area contributed by atoms with Crippen LogP contribution in [0.5, 0.6) is 5.75 Å². The molecule has 3 heterocycles. The number of anilines is 1. The van der Waals surface area contributed by atoms with Crippen molar-refractivity contribution in [3.8, 4) is 17.0 Å². The number of allylic oxidation sites excluding steroid dienone is 1. The van der Waals surface area contributed by atoms with Crippen LogP contribution < -0.4 is 30.8 Å². The molecule has 0 radical (unpaired) electrons. The summed E-state index contributed by atoms with van der Waals surface area (Å²) in [4.78, 5) is 19.4. The molecule has 0 atom stereocenters. The van der Waals surface area contributed by atoms with Gasteiger partial charge in [-0.15, -0.1) is 0 Å². The molecule has 32 heavy (non-hydrogen) atoms. The quantitative estimate of drug-likeness (QED) is 0.493. The molecule has 1 aromatic heterocycles. The van der Waals surface area contributed by atoms with E-state index >= 15 is 0 Å². The third kappa shape index (κ3) is 3.57. The number of likely N-dealkylation sites (N-methyl/N-ethyl adjacent to an activating group) is 1. The molecule has 2 aliphatic heterocycles. The van der Waals surface area contributed by atoms with Crippen molar-refractivity contribution in [2.24, 2.45) is 5.41 Å². The highest BCUT2D eigenvalue weighted by molar-refractivity contribution is 5.88. The van der Waals surface area contributed by atoms with E-state index in [1.165, 1.54) is 0 Å². The average Bonchev–Trinajstić information content (AvgIpc) is 3.19. The number of aromatic nitrogens is 1. The largest absolute Gasteiger partial charge is 0.492 e. The summed E-state index contributed by atoms with van der Waals surface area (Å²) in [5.74, 6) is 1.58. The molecule has 2 fully saturated rings. The molecule has 1 spiro atoms. The number of methoxy groups -OCH3 is 1. The molecule has 5 rings (SSSR count). The third-order valence-electron chi connectivity index (χ3n) is 6.29. The normalized spacial score (nSPS) is 17.6. The summed E-state index contributed by atoms with van der Waals surface area (Å²) in [6.07, 6.45) is 2.77. The van der Waals surface area contributed by atoms with Gasteiger partial charge < -0.3 is 25.0 Å². The predicted molar refractivity (Wildman–Crippen MR) is 123 cm³/mol. The molecule has 0 unspecified atom stereocenters. The number of carbonyl (C=O) groups is 1. The Kier molecular flexibility index (Phi) is 5.24. The lowest BCUT2D eigenvalue weighted by molar-refractivity contribution is -0.128. The van der Waals surface area contributed by atoms with Gasteiger partial charge in [0.15, 0.2) is 5.76 Å². The Morgan fingerprint density at radius 1 is 1.25 bits per heavy atom. The maximum absolute atomic E-state index is 12.3. The highest BCUT2D eigenvalue weighted by atomic mass is 16.5. The average molecular weight is 431 g/mol. The fourth-order valence-corrected chi connectivity index (χ4v) is 4.44. The fraction of sp³-hybridized carbons (Fsp3) is 0.360. The minimum Gasteiger partial charge on any atom is -0.492 e. The second kappa shape index (κ2) is 8.21. The summed E-state index contributed by atoms with van der Waals surface area (Å²) in [6, 6.07) is 10.0. The van der Waals surface area contributed by atoms with Gasteiger partial charge in [0.2, 0.25) is 5.91 Å². The molecule has 2 saturated heterocycles. The Morgan fingerprint density at radius 2 is 2.06 bits per heavy atom. The number of hydrogen-bond acceptors (Lipinski definition) is 6. The van der Waals surface area contributed by atoms with E-state index in [1.54, 1.807) is 7.11 Å². The van der Waals surface area contributed by atoms with Gasteiger partial charge in [-0.2, -0.15) is 0 Å². The fourth-order valence-electron chi connectivity index (χ4n) is 4.44. The number of ether oxygens (including phenoxy) is 2. The second-order valence-electron chi connectivity index (χ2n) is 8.37. The van der Waals surface area contributed by atoms with Gasteiger partial charge in [0.25, 0.3) is 0 Å². The number of fused-ring (bicyclic) bond motifs is 1. The van der Waals surface area contributed by atoms with Crippen LogP contribution in [0.25, 0.3) is 23.1 Å². The molecular formula is C25H26N4O3. The zero-order valence-corrected chi connectivity index (χ0v) is 18.3. The number of hydrogen-bond donors (Lipinski definition) is 2. The topological polar surface area (TPSA) is 75.7 Å². The van der Waals surface area contributed by atoms with Crippen LogP contribution in [-0.2, 0) is 9.53 Å². The van der Waals surface area contributed by atoms with Gasteiger partial charge in [-0.3, -0.25) is 4.79 Å². The van der Waals surface area contributed by atoms with Crippen LogP contribution in [0.3, 0.4) is 0 Å². The first-order chi connectivity index (χ1) is 15.6. The standard InChI is InChI=1S/C25H26N4O3/c1-26-11-12-32-18-5-3-17(4-6-18)21-14-23(20-8-7-19(31-2)13-22(20)28-21)29-15-25(16-29)9-10-27-24(25)30/h3-6,13-14,26H,9-12,15-16H2,1-2H3,(H,27,30). The number of benzene rings is 1. The summed E-state index contributed by atoms with van der Waals surface area (Å²) in [7, 11) is 3.51. The van der Waals surface area contributed by atoms with E-state index in [1.807, 2.05) is 37.4 Å². The van der Waals surface area contributed by atoms with Crippen molar-refractivity contribution in [1.82, 2.24) is 15.6 Å². The molecule has 2 N–H and O–H groups in total. The van der Waals surface area contributed by atoms with E-state index in [-0.39, 0.29) is 11.3 Å². The lowest BCUT2D eigenvalue weighted by Gasteiger charge is -2.47. The van der Waals surface area contributed by atoms with Crippen molar-refractivity contribution >= 4 is 23.4 Å². The van der Waals surface area contributed by atoms with E-state index in [0.717, 1.165) is 52.8 Å². The zero-order chi connectivity index (χ0) is 22.1. The Labute approximate surface area is 186 Å². The summed E-state index contributed by atoms with van der Waals surface area (Å²) in [5, 5.41) is 7.72. The predicted octanol–water partition coefficient (Wildman–Crippen LogP) is 0.532. The van der Waals surface area contributed by atoms with E-state index in [2.05, 4.69) is 33.1 Å². The first kappa shape index (κ1) is 20.4. The summed E-state index contributed by atoms with van der Waals surface area (Å²) >= 11 is 0. The lowest BCUT2D eigenvalue weighted by Crippen LogP contribution is -2.61. The van der Waals surface area contributed by atoms with Gasteiger partial charge in [0.05, 0.1) is 34.5 Å². The van der Waals surface area contributed by atoms with E-state index < -0.39 is 0 Å². The van der Waals surface area contributed by atoms with Crippen LogP contribution in [0, 0.1) is 5.41 Å². The Morgan fingerprint density at radius 3 is 2.75 bits per heavy atom. The van der Waals surface area contributed by atoms with Crippen molar-refractivity contribution in [2.75, 3.05) is 51.8 Å². The lowest BCUT2D eigenvalue weighted by atomic mass is 9.78. The van der Waals surface area contributed by atoms with Crippen molar-refractivity contribution in [3.05, 3.63) is 52.4 Å². The van der Waals surface area contributed by atoms with Crippen LogP contribution in [-0.4, -0.2) is 57.8 Å². The zero-order valence-electron chi connectivity index (χ0n) is 18.3. The molecule has 3 aliphatic rings. The summed E-state index contributed by atoms with van der Waals surface area (Å²) in [6.45, 7) is 3.58. The molecule has 2 aromatic rings. The van der Waals surface area contributed by atoms with E-state index in [0.29, 0.717) is 25.5 Å².